The van der Waals surface area contributed by atoms with Gasteiger partial charge in [0.25, 0.3) is 0 Å². The van der Waals surface area contributed by atoms with Crippen molar-refractivity contribution in [1.29, 1.82) is 0 Å². The van der Waals surface area contributed by atoms with E-state index < -0.39 is 0 Å². The van der Waals surface area contributed by atoms with Gasteiger partial charge in [-0.3, -0.25) is 9.59 Å². The first-order valence-electron chi connectivity index (χ1n) is 12.2. The van der Waals surface area contributed by atoms with Crippen molar-refractivity contribution in [3.63, 3.8) is 0 Å². The standard InChI is InChI=1S/C25H48O2/c1-3-5-6-7-8-9-10-11-12-13-14-15-16-17-18-22-25(27)23-20-19-21-24(26)4-2/h3-23H2,1-2H3. The second-order valence-corrected chi connectivity index (χ2v) is 8.34. The lowest BCUT2D eigenvalue weighted by Crippen LogP contribution is -1.99. The minimum atomic E-state index is 0.324. The molecule has 0 aliphatic heterocycles. The molecule has 0 aliphatic rings. The van der Waals surface area contributed by atoms with Gasteiger partial charge in [0.1, 0.15) is 11.6 Å². The second-order valence-electron chi connectivity index (χ2n) is 8.34. The summed E-state index contributed by atoms with van der Waals surface area (Å²) in [4.78, 5) is 23.0. The average Bonchev–Trinajstić information content (AvgIpc) is 2.68. The largest absolute Gasteiger partial charge is 0.300 e. The number of rotatable bonds is 22. The number of ketones is 2. The number of hydrogen-bond acceptors (Lipinski definition) is 2. The molecule has 0 rings (SSSR count). The number of unbranched alkanes of at least 4 members (excludes halogenated alkanes) is 15. The summed E-state index contributed by atoms with van der Waals surface area (Å²) < 4.78 is 0. The van der Waals surface area contributed by atoms with Crippen LogP contribution in [0.4, 0.5) is 0 Å². The summed E-state index contributed by atoms with van der Waals surface area (Å²) >= 11 is 0. The molecular formula is C25H48O2. The van der Waals surface area contributed by atoms with Crippen molar-refractivity contribution < 1.29 is 9.59 Å². The third kappa shape index (κ3) is 21.5. The van der Waals surface area contributed by atoms with Gasteiger partial charge in [0.05, 0.1) is 0 Å². The molecule has 0 aromatic rings. The Labute approximate surface area is 170 Å². The average molecular weight is 381 g/mol. The molecule has 0 saturated heterocycles. The highest BCUT2D eigenvalue weighted by Gasteiger charge is 2.03. The van der Waals surface area contributed by atoms with Crippen LogP contribution >= 0.6 is 0 Å². The molecule has 0 atom stereocenters. The van der Waals surface area contributed by atoms with E-state index in [-0.39, 0.29) is 0 Å². The summed E-state index contributed by atoms with van der Waals surface area (Å²) in [6.07, 6.45) is 24.9. The monoisotopic (exact) mass is 380 g/mol. The summed E-state index contributed by atoms with van der Waals surface area (Å²) in [6, 6.07) is 0. The van der Waals surface area contributed by atoms with Gasteiger partial charge >= 0.3 is 0 Å². The topological polar surface area (TPSA) is 34.1 Å². The maximum Gasteiger partial charge on any atom is 0.132 e. The van der Waals surface area contributed by atoms with E-state index in [2.05, 4.69) is 6.92 Å². The molecule has 0 aliphatic carbocycles. The lowest BCUT2D eigenvalue weighted by molar-refractivity contribution is -0.120. The molecule has 0 spiro atoms. The van der Waals surface area contributed by atoms with E-state index in [1.807, 2.05) is 6.92 Å². The molecule has 0 fully saturated rings. The van der Waals surface area contributed by atoms with Gasteiger partial charge in [0.15, 0.2) is 0 Å². The minimum absolute atomic E-state index is 0.324. The predicted molar refractivity (Wildman–Crippen MR) is 118 cm³/mol. The van der Waals surface area contributed by atoms with Crippen molar-refractivity contribution >= 4 is 11.6 Å². The van der Waals surface area contributed by atoms with Crippen LogP contribution in [0.1, 0.15) is 149 Å². The zero-order chi connectivity index (χ0) is 20.0. The summed E-state index contributed by atoms with van der Waals surface area (Å²) in [5, 5.41) is 0. The Morgan fingerprint density at radius 1 is 0.407 bits per heavy atom. The predicted octanol–water partition coefficient (Wildman–Crippen LogP) is 8.36. The first kappa shape index (κ1) is 26.3. The number of hydrogen-bond donors (Lipinski definition) is 0. The van der Waals surface area contributed by atoms with Crippen molar-refractivity contribution in [1.82, 2.24) is 0 Å². The van der Waals surface area contributed by atoms with Crippen molar-refractivity contribution in [3.8, 4) is 0 Å². The molecule has 0 saturated carbocycles. The molecule has 160 valence electrons. The maximum atomic E-state index is 11.8. The Morgan fingerprint density at radius 2 is 0.704 bits per heavy atom. The highest BCUT2D eigenvalue weighted by atomic mass is 16.1. The van der Waals surface area contributed by atoms with E-state index >= 15 is 0 Å². The molecule has 0 radical (unpaired) electrons. The van der Waals surface area contributed by atoms with Crippen LogP contribution < -0.4 is 0 Å². The molecule has 0 heterocycles. The molecule has 2 nitrogen and oxygen atoms in total. The van der Waals surface area contributed by atoms with Crippen LogP contribution in [0.5, 0.6) is 0 Å². The third-order valence-corrected chi connectivity index (χ3v) is 5.61. The van der Waals surface area contributed by atoms with E-state index in [0.29, 0.717) is 30.8 Å². The van der Waals surface area contributed by atoms with Gasteiger partial charge in [0.2, 0.25) is 0 Å². The highest BCUT2D eigenvalue weighted by molar-refractivity contribution is 5.79. The minimum Gasteiger partial charge on any atom is -0.300 e. The zero-order valence-corrected chi connectivity index (χ0v) is 18.7. The first-order chi connectivity index (χ1) is 13.2. The van der Waals surface area contributed by atoms with E-state index in [4.69, 9.17) is 0 Å². The van der Waals surface area contributed by atoms with E-state index in [9.17, 15) is 9.59 Å². The van der Waals surface area contributed by atoms with Crippen molar-refractivity contribution in [2.75, 3.05) is 0 Å². The van der Waals surface area contributed by atoms with Gasteiger partial charge in [-0.05, 0) is 19.3 Å². The molecule has 0 N–H and O–H groups in total. The van der Waals surface area contributed by atoms with Crippen LogP contribution in [-0.2, 0) is 9.59 Å². The quantitative estimate of drug-likeness (QED) is 0.177. The van der Waals surface area contributed by atoms with Gasteiger partial charge in [0, 0.05) is 25.7 Å². The van der Waals surface area contributed by atoms with Crippen LogP contribution in [0.25, 0.3) is 0 Å². The molecule has 0 aromatic heterocycles. The molecule has 2 heteroatoms. The molecule has 0 bridgehead atoms. The first-order valence-corrected chi connectivity index (χ1v) is 12.2. The Morgan fingerprint density at radius 3 is 1.07 bits per heavy atom. The van der Waals surface area contributed by atoms with Gasteiger partial charge < -0.3 is 0 Å². The van der Waals surface area contributed by atoms with E-state index in [1.165, 1.54) is 89.9 Å². The second kappa shape index (κ2) is 21.6. The SMILES string of the molecule is CCCCCCCCCCCCCCCCCC(=O)CCCCC(=O)CC. The number of carbonyl (C=O) groups excluding carboxylic acids is 2. The summed E-state index contributed by atoms with van der Waals surface area (Å²) in [5.74, 6) is 0.721. The van der Waals surface area contributed by atoms with Crippen LogP contribution in [0.2, 0.25) is 0 Å². The fourth-order valence-electron chi connectivity index (χ4n) is 3.64. The van der Waals surface area contributed by atoms with E-state index in [0.717, 1.165) is 25.7 Å². The Balaban J connectivity index is 3.15. The van der Waals surface area contributed by atoms with Crippen LogP contribution in [0.15, 0.2) is 0 Å². The molecule has 0 amide bonds. The maximum absolute atomic E-state index is 11.8. The smallest absolute Gasteiger partial charge is 0.132 e. The molecule has 0 aromatic carbocycles. The summed E-state index contributed by atoms with van der Waals surface area (Å²) in [5.41, 5.74) is 0. The molecule has 0 unspecified atom stereocenters. The Kier molecular flexibility index (Phi) is 21.1. The normalized spacial score (nSPS) is 11.0. The fourth-order valence-corrected chi connectivity index (χ4v) is 3.64. The van der Waals surface area contributed by atoms with Crippen molar-refractivity contribution in [3.05, 3.63) is 0 Å². The number of carbonyl (C=O) groups is 2. The van der Waals surface area contributed by atoms with Crippen molar-refractivity contribution in [2.24, 2.45) is 0 Å². The molecular weight excluding hydrogens is 332 g/mol. The number of Topliss-reactive ketones (excluding diaryl/α,β-unsaturated/α-hetero) is 2. The fraction of sp³-hybridized carbons (Fsp3) is 0.920. The van der Waals surface area contributed by atoms with Gasteiger partial charge in [-0.15, -0.1) is 0 Å². The zero-order valence-electron chi connectivity index (χ0n) is 18.7. The lowest BCUT2D eigenvalue weighted by Gasteiger charge is -2.04. The highest BCUT2D eigenvalue weighted by Crippen LogP contribution is 2.14. The Bertz CT molecular complexity index is 335. The van der Waals surface area contributed by atoms with Crippen molar-refractivity contribution in [2.45, 2.75) is 149 Å². The van der Waals surface area contributed by atoms with Gasteiger partial charge in [-0.2, -0.15) is 0 Å². The molecule has 27 heavy (non-hydrogen) atoms. The van der Waals surface area contributed by atoms with Crippen LogP contribution in [-0.4, -0.2) is 11.6 Å². The van der Waals surface area contributed by atoms with Gasteiger partial charge in [-0.25, -0.2) is 0 Å². The van der Waals surface area contributed by atoms with E-state index in [1.54, 1.807) is 0 Å². The summed E-state index contributed by atoms with van der Waals surface area (Å²) in [7, 11) is 0. The summed E-state index contributed by atoms with van der Waals surface area (Å²) in [6.45, 7) is 4.19. The Hall–Kier alpha value is -0.660. The lowest BCUT2D eigenvalue weighted by atomic mass is 10.0. The van der Waals surface area contributed by atoms with Crippen LogP contribution in [0, 0.1) is 0 Å². The third-order valence-electron chi connectivity index (χ3n) is 5.61. The van der Waals surface area contributed by atoms with Crippen LogP contribution in [0.3, 0.4) is 0 Å². The van der Waals surface area contributed by atoms with Gasteiger partial charge in [-0.1, -0.05) is 104 Å².